The number of hydrogen-bond donors (Lipinski definition) is 2. The van der Waals surface area contributed by atoms with E-state index in [1.54, 1.807) is 0 Å². The fourth-order valence-electron chi connectivity index (χ4n) is 2.63. The molecule has 0 bridgehead atoms. The van der Waals surface area contributed by atoms with Crippen LogP contribution in [0.15, 0.2) is 70.8 Å². The molecule has 0 atom stereocenters. The van der Waals surface area contributed by atoms with Gasteiger partial charge in [0.25, 0.3) is 0 Å². The summed E-state index contributed by atoms with van der Waals surface area (Å²) in [5, 5.41) is 7.64. The van der Waals surface area contributed by atoms with Crippen molar-refractivity contribution in [2.45, 2.75) is 13.8 Å². The molecule has 0 aliphatic carbocycles. The molecule has 3 rings (SSSR count). The maximum atomic E-state index is 4.48. The van der Waals surface area contributed by atoms with Crippen molar-refractivity contribution in [2.24, 2.45) is 10.1 Å². The average molecular weight is 425 g/mol. The number of nitrogens with one attached hydrogen (secondary N) is 2. The Balaban J connectivity index is 0.00000261. The van der Waals surface area contributed by atoms with Gasteiger partial charge in [-0.25, -0.2) is 10.4 Å². The molecular weight excluding hydrogens is 400 g/mol. The van der Waals surface area contributed by atoms with Crippen LogP contribution >= 0.6 is 17.0 Å². The number of allylic oxidation sites excluding steroid dienone is 2. The molecule has 2 N–H and O–H groups in total. The first-order valence-corrected chi connectivity index (χ1v) is 8.80. The van der Waals surface area contributed by atoms with Crippen LogP contribution in [0.25, 0.3) is 12.2 Å². The highest BCUT2D eigenvalue weighted by atomic mass is 79.9. The van der Waals surface area contributed by atoms with Crippen molar-refractivity contribution in [3.05, 3.63) is 82.9 Å². The van der Waals surface area contributed by atoms with Crippen LogP contribution in [-0.4, -0.2) is 24.8 Å². The van der Waals surface area contributed by atoms with Crippen LogP contribution in [0.2, 0.25) is 0 Å². The lowest BCUT2D eigenvalue weighted by Gasteiger charge is -2.02. The number of benzene rings is 2. The zero-order valence-electron chi connectivity index (χ0n) is 15.6. The molecule has 5 heteroatoms. The highest BCUT2D eigenvalue weighted by Crippen LogP contribution is 2.08. The van der Waals surface area contributed by atoms with Gasteiger partial charge < -0.3 is 5.32 Å². The summed E-state index contributed by atoms with van der Waals surface area (Å²) in [6.07, 6.45) is 8.14. The van der Waals surface area contributed by atoms with E-state index in [1.165, 1.54) is 11.1 Å². The van der Waals surface area contributed by atoms with Crippen molar-refractivity contribution in [1.82, 2.24) is 10.7 Å². The molecule has 0 spiro atoms. The number of guanidine groups is 1. The van der Waals surface area contributed by atoms with Gasteiger partial charge in [-0.3, -0.25) is 0 Å². The van der Waals surface area contributed by atoms with Gasteiger partial charge in [-0.05, 0) is 37.1 Å². The number of rotatable bonds is 5. The lowest BCUT2D eigenvalue weighted by molar-refractivity contribution is 0.918. The molecule has 0 saturated carbocycles. The van der Waals surface area contributed by atoms with E-state index in [1.807, 2.05) is 12.2 Å². The standard InChI is InChI=1S/C22H24N4.BrH/c1-17-5-3-7-19(15-17)9-11-21(25-26-22-23-13-14-24-22)12-10-20-8-4-6-18(2)16-20;/h3-12,15-16H,13-14H2,1-2H3,(H2,23,24,26);1H. The van der Waals surface area contributed by atoms with Gasteiger partial charge in [-0.1, -0.05) is 71.8 Å². The number of aliphatic imine (C=N–C) groups is 1. The molecule has 1 heterocycles. The quantitative estimate of drug-likeness (QED) is 0.547. The van der Waals surface area contributed by atoms with Crippen LogP contribution in [0.4, 0.5) is 0 Å². The van der Waals surface area contributed by atoms with E-state index in [4.69, 9.17) is 0 Å². The van der Waals surface area contributed by atoms with Crippen LogP contribution in [0, 0.1) is 13.8 Å². The molecule has 2 aromatic carbocycles. The Morgan fingerprint density at radius 1 is 1.00 bits per heavy atom. The third-order valence-corrected chi connectivity index (χ3v) is 3.94. The number of hydrazone groups is 1. The molecule has 27 heavy (non-hydrogen) atoms. The molecule has 0 radical (unpaired) electrons. The molecule has 0 amide bonds. The van der Waals surface area contributed by atoms with E-state index >= 15 is 0 Å². The van der Waals surface area contributed by atoms with Gasteiger partial charge in [0.2, 0.25) is 5.96 Å². The minimum Gasteiger partial charge on any atom is -0.353 e. The summed E-state index contributed by atoms with van der Waals surface area (Å²) >= 11 is 0. The van der Waals surface area contributed by atoms with E-state index in [0.717, 1.165) is 35.9 Å². The first-order chi connectivity index (χ1) is 12.7. The predicted molar refractivity (Wildman–Crippen MR) is 122 cm³/mol. The van der Waals surface area contributed by atoms with Crippen LogP contribution in [0.3, 0.4) is 0 Å². The van der Waals surface area contributed by atoms with E-state index in [9.17, 15) is 0 Å². The zero-order chi connectivity index (χ0) is 18.2. The van der Waals surface area contributed by atoms with E-state index in [2.05, 4.69) is 95.4 Å². The fourth-order valence-corrected chi connectivity index (χ4v) is 2.63. The van der Waals surface area contributed by atoms with Gasteiger partial charge in [-0.15, -0.1) is 17.0 Å². The summed E-state index contributed by atoms with van der Waals surface area (Å²) < 4.78 is 0. The van der Waals surface area contributed by atoms with Crippen molar-refractivity contribution in [2.75, 3.05) is 13.1 Å². The summed E-state index contributed by atoms with van der Waals surface area (Å²) in [4.78, 5) is 4.31. The molecular formula is C22H25BrN4. The Hall–Kier alpha value is -2.66. The highest BCUT2D eigenvalue weighted by Gasteiger charge is 2.02. The first kappa shape index (κ1) is 20.6. The van der Waals surface area contributed by atoms with Crippen LogP contribution in [0.5, 0.6) is 0 Å². The normalized spacial score (nSPS) is 13.2. The lowest BCUT2D eigenvalue weighted by Crippen LogP contribution is -2.30. The smallest absolute Gasteiger partial charge is 0.212 e. The SMILES string of the molecule is Br.Cc1cccc(C=CC(C=Cc2cccc(C)c2)=NNC2=NCCN2)c1. The summed E-state index contributed by atoms with van der Waals surface area (Å²) in [6.45, 7) is 5.82. The second kappa shape index (κ2) is 10.5. The molecule has 0 unspecified atom stereocenters. The van der Waals surface area contributed by atoms with Crippen molar-refractivity contribution < 1.29 is 0 Å². The number of halogens is 1. The molecule has 1 aliphatic heterocycles. The number of nitrogens with zero attached hydrogens (tertiary/aromatic N) is 2. The monoisotopic (exact) mass is 424 g/mol. The molecule has 4 nitrogen and oxygen atoms in total. The van der Waals surface area contributed by atoms with Crippen molar-refractivity contribution in [3.63, 3.8) is 0 Å². The second-order valence-electron chi connectivity index (χ2n) is 6.30. The Morgan fingerprint density at radius 3 is 2.07 bits per heavy atom. The first-order valence-electron chi connectivity index (χ1n) is 8.80. The summed E-state index contributed by atoms with van der Waals surface area (Å²) in [5.74, 6) is 0.718. The van der Waals surface area contributed by atoms with Crippen LogP contribution in [0.1, 0.15) is 22.3 Å². The summed E-state index contributed by atoms with van der Waals surface area (Å²) in [6, 6.07) is 16.8. The molecule has 140 valence electrons. The molecule has 1 aliphatic rings. The zero-order valence-corrected chi connectivity index (χ0v) is 17.4. The van der Waals surface area contributed by atoms with Crippen molar-refractivity contribution in [1.29, 1.82) is 0 Å². The Kier molecular flexibility index (Phi) is 8.01. The Morgan fingerprint density at radius 2 is 1.59 bits per heavy atom. The average Bonchev–Trinajstić information content (AvgIpc) is 3.15. The Labute approximate surface area is 171 Å². The van der Waals surface area contributed by atoms with E-state index in [0.29, 0.717) is 0 Å². The van der Waals surface area contributed by atoms with Gasteiger partial charge in [0.05, 0.1) is 12.3 Å². The number of aryl methyl sites for hydroxylation is 2. The lowest BCUT2D eigenvalue weighted by atomic mass is 10.1. The number of hydrogen-bond acceptors (Lipinski definition) is 4. The second-order valence-corrected chi connectivity index (χ2v) is 6.30. The van der Waals surface area contributed by atoms with Crippen molar-refractivity contribution >= 4 is 40.8 Å². The molecule has 0 aromatic heterocycles. The minimum atomic E-state index is 0. The van der Waals surface area contributed by atoms with Gasteiger partial charge >= 0.3 is 0 Å². The van der Waals surface area contributed by atoms with E-state index in [-0.39, 0.29) is 17.0 Å². The van der Waals surface area contributed by atoms with Crippen LogP contribution in [-0.2, 0) is 0 Å². The fraction of sp³-hybridized carbons (Fsp3) is 0.182. The third-order valence-electron chi connectivity index (χ3n) is 3.94. The molecule has 2 aromatic rings. The maximum Gasteiger partial charge on any atom is 0.212 e. The molecule has 0 fully saturated rings. The predicted octanol–water partition coefficient (Wildman–Crippen LogP) is 4.51. The Bertz CT molecular complexity index is 824. The third kappa shape index (κ3) is 6.87. The minimum absolute atomic E-state index is 0. The van der Waals surface area contributed by atoms with Crippen LogP contribution < -0.4 is 10.7 Å². The van der Waals surface area contributed by atoms with Gasteiger partial charge in [0.15, 0.2) is 0 Å². The topological polar surface area (TPSA) is 48.8 Å². The van der Waals surface area contributed by atoms with E-state index < -0.39 is 0 Å². The van der Waals surface area contributed by atoms with Gasteiger partial charge in [-0.2, -0.15) is 5.10 Å². The molecule has 0 saturated heterocycles. The van der Waals surface area contributed by atoms with Gasteiger partial charge in [0, 0.05) is 6.54 Å². The van der Waals surface area contributed by atoms with Crippen molar-refractivity contribution in [3.8, 4) is 0 Å². The maximum absolute atomic E-state index is 4.48. The summed E-state index contributed by atoms with van der Waals surface area (Å²) in [7, 11) is 0. The largest absolute Gasteiger partial charge is 0.353 e. The highest BCUT2D eigenvalue weighted by molar-refractivity contribution is 8.93. The summed E-state index contributed by atoms with van der Waals surface area (Å²) in [5.41, 5.74) is 8.61. The van der Waals surface area contributed by atoms with Gasteiger partial charge in [0.1, 0.15) is 0 Å².